The van der Waals surface area contributed by atoms with Gasteiger partial charge in [0.15, 0.2) is 5.75 Å². The van der Waals surface area contributed by atoms with E-state index in [9.17, 15) is 17.6 Å². The Morgan fingerprint density at radius 2 is 1.59 bits per heavy atom. The highest BCUT2D eigenvalue weighted by Gasteiger charge is 2.22. The molecular weight excluding hydrogens is 511 g/mol. The molecule has 5 aromatic rings. The van der Waals surface area contributed by atoms with Crippen molar-refractivity contribution in [2.24, 2.45) is 0 Å². The van der Waals surface area contributed by atoms with E-state index in [4.69, 9.17) is 4.74 Å². The number of thiophene rings is 1. The average molecular weight is 533 g/mol. The summed E-state index contributed by atoms with van der Waals surface area (Å²) in [6.07, 6.45) is 0. The molecule has 0 atom stereocenters. The number of benzene rings is 4. The zero-order valence-corrected chi connectivity index (χ0v) is 21.2. The lowest BCUT2D eigenvalue weighted by atomic mass is 10.2. The van der Waals surface area contributed by atoms with Crippen LogP contribution in [-0.4, -0.2) is 21.4 Å². The predicted molar refractivity (Wildman–Crippen MR) is 145 cm³/mol. The molecule has 186 valence electrons. The Bertz CT molecular complexity index is 1680. The number of amides is 1. The third kappa shape index (κ3) is 5.18. The van der Waals surface area contributed by atoms with Gasteiger partial charge in [0.25, 0.3) is 15.9 Å². The Labute approximate surface area is 217 Å². The molecule has 0 aliphatic rings. The summed E-state index contributed by atoms with van der Waals surface area (Å²) in [4.78, 5) is 13.5. The number of rotatable bonds is 7. The SMILES string of the molecule is CN(c1ccc2sc(C(=O)Nc3ccccc3Oc3ccccc3)cc2c1)S(=O)(=O)c1ccc(F)cc1. The van der Waals surface area contributed by atoms with E-state index >= 15 is 0 Å². The van der Waals surface area contributed by atoms with Gasteiger partial charge in [0.1, 0.15) is 11.6 Å². The molecule has 0 radical (unpaired) electrons. The summed E-state index contributed by atoms with van der Waals surface area (Å²) in [5.41, 5.74) is 0.947. The van der Waals surface area contributed by atoms with Crippen LogP contribution >= 0.6 is 11.3 Å². The monoisotopic (exact) mass is 532 g/mol. The molecule has 0 saturated carbocycles. The van der Waals surface area contributed by atoms with E-state index in [1.165, 1.54) is 30.5 Å². The quantitative estimate of drug-likeness (QED) is 0.247. The molecule has 0 bridgehead atoms. The maximum atomic E-state index is 13.3. The molecule has 1 aromatic heterocycles. The van der Waals surface area contributed by atoms with Crippen molar-refractivity contribution in [3.05, 3.63) is 114 Å². The highest BCUT2D eigenvalue weighted by atomic mass is 32.2. The highest BCUT2D eigenvalue weighted by molar-refractivity contribution is 7.92. The minimum atomic E-state index is -3.88. The number of ether oxygens (including phenoxy) is 1. The number of para-hydroxylation sites is 3. The Morgan fingerprint density at radius 1 is 0.892 bits per heavy atom. The number of fused-ring (bicyclic) bond motifs is 1. The van der Waals surface area contributed by atoms with Gasteiger partial charge in [-0.3, -0.25) is 9.10 Å². The fraction of sp³-hybridized carbons (Fsp3) is 0.0357. The van der Waals surface area contributed by atoms with E-state index in [1.54, 1.807) is 36.4 Å². The van der Waals surface area contributed by atoms with Crippen molar-refractivity contribution in [3.63, 3.8) is 0 Å². The smallest absolute Gasteiger partial charge is 0.265 e. The van der Waals surface area contributed by atoms with Crippen LogP contribution in [0.25, 0.3) is 10.1 Å². The maximum Gasteiger partial charge on any atom is 0.265 e. The van der Waals surface area contributed by atoms with Crippen molar-refractivity contribution >= 4 is 48.7 Å². The summed E-state index contributed by atoms with van der Waals surface area (Å²) in [7, 11) is -2.45. The standard InChI is InChI=1S/C28H21FN2O4S2/c1-31(37(33,34)23-14-11-20(29)12-15-23)21-13-16-26-19(17-21)18-27(36-26)28(32)30-24-9-5-6-10-25(24)35-22-7-3-2-4-8-22/h2-18H,1H3,(H,30,32). The number of nitrogens with zero attached hydrogens (tertiary/aromatic N) is 1. The molecule has 0 saturated heterocycles. The third-order valence-electron chi connectivity index (χ3n) is 5.67. The van der Waals surface area contributed by atoms with E-state index < -0.39 is 15.8 Å². The third-order valence-corrected chi connectivity index (χ3v) is 8.58. The van der Waals surface area contributed by atoms with Gasteiger partial charge in [0, 0.05) is 11.7 Å². The van der Waals surface area contributed by atoms with Gasteiger partial charge in [-0.1, -0.05) is 30.3 Å². The van der Waals surface area contributed by atoms with Crippen molar-refractivity contribution in [3.8, 4) is 11.5 Å². The summed E-state index contributed by atoms with van der Waals surface area (Å²) >= 11 is 1.30. The van der Waals surface area contributed by atoms with E-state index in [1.807, 2.05) is 42.5 Å². The molecule has 6 nitrogen and oxygen atoms in total. The molecule has 1 N–H and O–H groups in total. The summed E-state index contributed by atoms with van der Waals surface area (Å²) in [5, 5.41) is 3.63. The van der Waals surface area contributed by atoms with Gasteiger partial charge in [0.2, 0.25) is 0 Å². The van der Waals surface area contributed by atoms with Crippen molar-refractivity contribution in [2.75, 3.05) is 16.7 Å². The number of hydrogen-bond acceptors (Lipinski definition) is 5. The largest absolute Gasteiger partial charge is 0.455 e. The molecule has 0 aliphatic heterocycles. The molecule has 5 rings (SSSR count). The van der Waals surface area contributed by atoms with Crippen LogP contribution in [0.5, 0.6) is 11.5 Å². The van der Waals surface area contributed by atoms with Gasteiger partial charge >= 0.3 is 0 Å². The van der Waals surface area contributed by atoms with E-state index in [0.29, 0.717) is 27.8 Å². The number of carbonyl (C=O) groups is 1. The molecule has 0 fully saturated rings. The number of carbonyl (C=O) groups excluding carboxylic acids is 1. The number of anilines is 2. The van der Waals surface area contributed by atoms with Gasteiger partial charge in [-0.15, -0.1) is 11.3 Å². The van der Waals surface area contributed by atoms with Crippen molar-refractivity contribution < 1.29 is 22.3 Å². The fourth-order valence-electron chi connectivity index (χ4n) is 3.70. The lowest BCUT2D eigenvalue weighted by molar-refractivity contribution is 0.103. The highest BCUT2D eigenvalue weighted by Crippen LogP contribution is 2.33. The second-order valence-electron chi connectivity index (χ2n) is 8.12. The first-order valence-electron chi connectivity index (χ1n) is 11.2. The topological polar surface area (TPSA) is 75.7 Å². The van der Waals surface area contributed by atoms with Gasteiger partial charge in [-0.05, 0) is 78.2 Å². The Balaban J connectivity index is 1.38. The van der Waals surface area contributed by atoms with Crippen LogP contribution in [0.4, 0.5) is 15.8 Å². The van der Waals surface area contributed by atoms with Crippen LogP contribution in [0.1, 0.15) is 9.67 Å². The minimum Gasteiger partial charge on any atom is -0.455 e. The predicted octanol–water partition coefficient (Wildman–Crippen LogP) is 6.91. The zero-order valence-electron chi connectivity index (χ0n) is 19.6. The second kappa shape index (κ2) is 10.0. The van der Waals surface area contributed by atoms with Crippen LogP contribution < -0.4 is 14.4 Å². The van der Waals surface area contributed by atoms with Crippen LogP contribution in [0.2, 0.25) is 0 Å². The summed E-state index contributed by atoms with van der Waals surface area (Å²) in [5.74, 6) is 0.344. The van der Waals surface area contributed by atoms with Gasteiger partial charge in [0.05, 0.1) is 21.1 Å². The van der Waals surface area contributed by atoms with Crippen LogP contribution in [0.3, 0.4) is 0 Å². The van der Waals surface area contributed by atoms with E-state index in [-0.39, 0.29) is 10.8 Å². The zero-order chi connectivity index (χ0) is 26.0. The molecule has 4 aromatic carbocycles. The summed E-state index contributed by atoms with van der Waals surface area (Å²) in [6.45, 7) is 0. The number of sulfonamides is 1. The maximum absolute atomic E-state index is 13.3. The van der Waals surface area contributed by atoms with Gasteiger partial charge in [-0.25, -0.2) is 12.8 Å². The molecule has 1 heterocycles. The molecule has 37 heavy (non-hydrogen) atoms. The minimum absolute atomic E-state index is 0.0155. The van der Waals surface area contributed by atoms with Crippen LogP contribution in [-0.2, 0) is 10.0 Å². The molecule has 9 heteroatoms. The van der Waals surface area contributed by atoms with Crippen molar-refractivity contribution in [1.29, 1.82) is 0 Å². The molecule has 0 spiro atoms. The molecule has 0 unspecified atom stereocenters. The molecular formula is C28H21FN2O4S2. The number of halogens is 1. The van der Waals surface area contributed by atoms with Crippen LogP contribution in [0.15, 0.2) is 108 Å². The lowest BCUT2D eigenvalue weighted by Gasteiger charge is -2.19. The summed E-state index contributed by atoms with van der Waals surface area (Å²) in [6, 6.07) is 28.0. The number of nitrogens with one attached hydrogen (secondary N) is 1. The van der Waals surface area contributed by atoms with Gasteiger partial charge < -0.3 is 10.1 Å². The first-order chi connectivity index (χ1) is 17.8. The Hall–Kier alpha value is -4.21. The van der Waals surface area contributed by atoms with Crippen LogP contribution in [0, 0.1) is 5.82 Å². The summed E-state index contributed by atoms with van der Waals surface area (Å²) < 4.78 is 47.1. The average Bonchev–Trinajstić information content (AvgIpc) is 3.34. The van der Waals surface area contributed by atoms with Gasteiger partial charge in [-0.2, -0.15) is 0 Å². The first-order valence-corrected chi connectivity index (χ1v) is 13.5. The van der Waals surface area contributed by atoms with E-state index in [2.05, 4.69) is 5.32 Å². The Kier molecular flexibility index (Phi) is 6.64. The lowest BCUT2D eigenvalue weighted by Crippen LogP contribution is -2.26. The first kappa shape index (κ1) is 24.5. The van der Waals surface area contributed by atoms with Crippen molar-refractivity contribution in [1.82, 2.24) is 0 Å². The molecule has 1 amide bonds. The Morgan fingerprint density at radius 3 is 2.35 bits per heavy atom. The van der Waals surface area contributed by atoms with Crippen molar-refractivity contribution in [2.45, 2.75) is 4.90 Å². The second-order valence-corrected chi connectivity index (χ2v) is 11.2. The number of hydrogen-bond donors (Lipinski definition) is 1. The fourth-order valence-corrected chi connectivity index (χ4v) is 5.83. The normalized spacial score (nSPS) is 11.3. The van der Waals surface area contributed by atoms with E-state index in [0.717, 1.165) is 26.5 Å². The molecule has 0 aliphatic carbocycles.